The van der Waals surface area contributed by atoms with Gasteiger partial charge in [-0.05, 0) is 24.1 Å². The molecule has 5 nitrogen and oxygen atoms in total. The van der Waals surface area contributed by atoms with Crippen molar-refractivity contribution in [2.45, 2.75) is 18.6 Å². The Bertz CT molecular complexity index is 372. The van der Waals surface area contributed by atoms with Gasteiger partial charge in [-0.2, -0.15) is 13.2 Å². The van der Waals surface area contributed by atoms with Gasteiger partial charge in [-0.15, -0.1) is 0 Å². The van der Waals surface area contributed by atoms with E-state index < -0.39 is 18.8 Å². The van der Waals surface area contributed by atoms with Crippen molar-refractivity contribution < 1.29 is 17.9 Å². The lowest BCUT2D eigenvalue weighted by Gasteiger charge is -2.17. The molecule has 102 valence electrons. The number of nitrogens with zero attached hydrogens (tertiary/aromatic N) is 1. The minimum Gasteiger partial charge on any atom is -0.384 e. The molecule has 1 heterocycles. The lowest BCUT2D eigenvalue weighted by Crippen LogP contribution is -2.41. The lowest BCUT2D eigenvalue weighted by molar-refractivity contribution is -0.175. The van der Waals surface area contributed by atoms with Crippen LogP contribution in [0.4, 0.5) is 19.0 Å². The van der Waals surface area contributed by atoms with Gasteiger partial charge in [-0.1, -0.05) is 0 Å². The van der Waals surface area contributed by atoms with Crippen LogP contribution >= 0.6 is 0 Å². The van der Waals surface area contributed by atoms with Crippen molar-refractivity contribution in [1.29, 1.82) is 0 Å². The van der Waals surface area contributed by atoms with E-state index in [1.165, 1.54) is 6.20 Å². The number of anilines is 1. The Morgan fingerprint density at radius 3 is 2.72 bits per heavy atom. The minimum atomic E-state index is -4.33. The zero-order valence-electron chi connectivity index (χ0n) is 9.57. The van der Waals surface area contributed by atoms with Crippen molar-refractivity contribution in [1.82, 2.24) is 10.4 Å². The summed E-state index contributed by atoms with van der Waals surface area (Å²) >= 11 is 0. The summed E-state index contributed by atoms with van der Waals surface area (Å²) in [5, 5.41) is 0. The highest BCUT2D eigenvalue weighted by atomic mass is 19.4. The molecule has 5 N–H and O–H groups in total. The number of rotatable bonds is 6. The minimum absolute atomic E-state index is 0.141. The van der Waals surface area contributed by atoms with Crippen LogP contribution in [-0.2, 0) is 11.2 Å². The molecule has 1 aromatic heterocycles. The first-order valence-electron chi connectivity index (χ1n) is 5.22. The number of hydrazine groups is 1. The molecule has 0 saturated heterocycles. The quantitative estimate of drug-likeness (QED) is 0.518. The van der Waals surface area contributed by atoms with E-state index >= 15 is 0 Å². The normalized spacial score (nSPS) is 13.6. The fraction of sp³-hybridized carbons (Fsp3) is 0.500. The van der Waals surface area contributed by atoms with E-state index in [2.05, 4.69) is 15.1 Å². The highest BCUT2D eigenvalue weighted by molar-refractivity contribution is 5.32. The Hall–Kier alpha value is -1.38. The van der Waals surface area contributed by atoms with Crippen LogP contribution in [0.2, 0.25) is 0 Å². The number of nitrogen functional groups attached to an aromatic ring is 1. The second kappa shape index (κ2) is 6.53. The predicted octanol–water partition coefficient (Wildman–Crippen LogP) is 0.617. The van der Waals surface area contributed by atoms with E-state index in [0.29, 0.717) is 12.2 Å². The fourth-order valence-corrected chi connectivity index (χ4v) is 1.39. The molecule has 1 atom stereocenters. The fourth-order valence-electron chi connectivity index (χ4n) is 1.39. The molecule has 0 amide bonds. The number of aromatic nitrogens is 1. The maximum atomic E-state index is 11.9. The Labute approximate surface area is 102 Å². The van der Waals surface area contributed by atoms with Gasteiger partial charge in [0.25, 0.3) is 0 Å². The Morgan fingerprint density at radius 1 is 1.44 bits per heavy atom. The first-order chi connectivity index (χ1) is 8.40. The zero-order valence-corrected chi connectivity index (χ0v) is 9.57. The third-order valence-electron chi connectivity index (χ3n) is 2.15. The number of nitrogens with one attached hydrogen (secondary N) is 1. The van der Waals surface area contributed by atoms with Crippen molar-refractivity contribution in [2.24, 2.45) is 5.84 Å². The molecule has 0 saturated carbocycles. The Morgan fingerprint density at radius 2 is 2.17 bits per heavy atom. The number of hydrogen-bond donors (Lipinski definition) is 3. The van der Waals surface area contributed by atoms with Gasteiger partial charge in [0.2, 0.25) is 0 Å². The third-order valence-corrected chi connectivity index (χ3v) is 2.15. The van der Waals surface area contributed by atoms with Crippen LogP contribution in [0, 0.1) is 0 Å². The van der Waals surface area contributed by atoms with Crippen LogP contribution in [0.5, 0.6) is 0 Å². The molecule has 1 rings (SSSR count). The molecule has 0 spiro atoms. The summed E-state index contributed by atoms with van der Waals surface area (Å²) < 4.78 is 40.2. The highest BCUT2D eigenvalue weighted by Crippen LogP contribution is 2.14. The molecule has 0 aromatic carbocycles. The van der Waals surface area contributed by atoms with Gasteiger partial charge < -0.3 is 10.5 Å². The van der Waals surface area contributed by atoms with Gasteiger partial charge in [0.1, 0.15) is 12.4 Å². The van der Waals surface area contributed by atoms with Crippen molar-refractivity contribution in [3.63, 3.8) is 0 Å². The van der Waals surface area contributed by atoms with Gasteiger partial charge in [-0.25, -0.2) is 4.98 Å². The van der Waals surface area contributed by atoms with Gasteiger partial charge in [-0.3, -0.25) is 11.3 Å². The SMILES string of the molecule is NNC(COCC(F)(F)F)Cc1ccnc(N)c1. The van der Waals surface area contributed by atoms with Crippen molar-refractivity contribution in [2.75, 3.05) is 18.9 Å². The van der Waals surface area contributed by atoms with E-state index in [1.54, 1.807) is 12.1 Å². The molecule has 0 bridgehead atoms. The predicted molar refractivity (Wildman–Crippen MR) is 60.3 cm³/mol. The molecule has 0 aliphatic carbocycles. The van der Waals surface area contributed by atoms with Crippen molar-refractivity contribution in [3.05, 3.63) is 23.9 Å². The van der Waals surface area contributed by atoms with E-state index in [-0.39, 0.29) is 6.61 Å². The third kappa shape index (κ3) is 5.80. The molecule has 0 aliphatic rings. The van der Waals surface area contributed by atoms with Crippen molar-refractivity contribution in [3.8, 4) is 0 Å². The average Bonchev–Trinajstić information content (AvgIpc) is 2.26. The lowest BCUT2D eigenvalue weighted by atomic mass is 10.1. The molecule has 0 radical (unpaired) electrons. The monoisotopic (exact) mass is 264 g/mol. The summed E-state index contributed by atoms with van der Waals surface area (Å²) in [5.41, 5.74) is 8.71. The summed E-state index contributed by atoms with van der Waals surface area (Å²) in [5.74, 6) is 5.60. The van der Waals surface area contributed by atoms with E-state index in [9.17, 15) is 13.2 Å². The molecule has 1 aromatic rings. The van der Waals surface area contributed by atoms with Gasteiger partial charge in [0, 0.05) is 12.2 Å². The number of pyridine rings is 1. The average molecular weight is 264 g/mol. The van der Waals surface area contributed by atoms with Crippen LogP contribution in [0.1, 0.15) is 5.56 Å². The van der Waals surface area contributed by atoms with Crippen LogP contribution in [0.3, 0.4) is 0 Å². The molecule has 0 fully saturated rings. The largest absolute Gasteiger partial charge is 0.411 e. The van der Waals surface area contributed by atoms with Crippen LogP contribution in [-0.4, -0.2) is 30.4 Å². The standard InChI is InChI=1S/C10H15F3N4O/c11-10(12,13)6-18-5-8(17-15)3-7-1-2-16-9(14)4-7/h1-2,4,8,17H,3,5-6,15H2,(H2,14,16). The van der Waals surface area contributed by atoms with Crippen molar-refractivity contribution >= 4 is 5.82 Å². The van der Waals surface area contributed by atoms with E-state index in [1.807, 2.05) is 0 Å². The number of alkyl halides is 3. The summed E-state index contributed by atoms with van der Waals surface area (Å²) in [6.07, 6.45) is -2.41. The number of halogens is 3. The smallest absolute Gasteiger partial charge is 0.384 e. The zero-order chi connectivity index (χ0) is 13.6. The molecule has 8 heteroatoms. The number of nitrogens with two attached hydrogens (primary N) is 2. The topological polar surface area (TPSA) is 86.2 Å². The Balaban J connectivity index is 2.42. The molecule has 18 heavy (non-hydrogen) atoms. The van der Waals surface area contributed by atoms with E-state index in [0.717, 1.165) is 5.56 Å². The summed E-state index contributed by atoms with van der Waals surface area (Å²) in [6, 6.07) is 2.92. The van der Waals surface area contributed by atoms with Gasteiger partial charge in [0.15, 0.2) is 0 Å². The Kier molecular flexibility index (Phi) is 5.32. The maximum Gasteiger partial charge on any atom is 0.411 e. The summed E-state index contributed by atoms with van der Waals surface area (Å²) in [4.78, 5) is 3.81. The van der Waals surface area contributed by atoms with E-state index in [4.69, 9.17) is 11.6 Å². The first-order valence-corrected chi connectivity index (χ1v) is 5.22. The summed E-state index contributed by atoms with van der Waals surface area (Å²) in [7, 11) is 0. The molecular formula is C10H15F3N4O. The number of ether oxygens (including phenoxy) is 1. The number of hydrogen-bond acceptors (Lipinski definition) is 5. The maximum absolute atomic E-state index is 11.9. The highest BCUT2D eigenvalue weighted by Gasteiger charge is 2.27. The first kappa shape index (κ1) is 14.7. The summed E-state index contributed by atoms with van der Waals surface area (Å²) in [6.45, 7) is -1.43. The van der Waals surface area contributed by atoms with Gasteiger partial charge in [0.05, 0.1) is 6.61 Å². The van der Waals surface area contributed by atoms with Crippen LogP contribution in [0.25, 0.3) is 0 Å². The van der Waals surface area contributed by atoms with Gasteiger partial charge >= 0.3 is 6.18 Å². The second-order valence-electron chi connectivity index (χ2n) is 3.79. The van der Waals surface area contributed by atoms with Crippen LogP contribution in [0.15, 0.2) is 18.3 Å². The second-order valence-corrected chi connectivity index (χ2v) is 3.79. The molecule has 0 aliphatic heterocycles. The molecule has 1 unspecified atom stereocenters. The van der Waals surface area contributed by atoms with Crippen LogP contribution < -0.4 is 17.0 Å². The molecular weight excluding hydrogens is 249 g/mol.